The molecule has 17 heavy (non-hydrogen) atoms. The van der Waals surface area contributed by atoms with Gasteiger partial charge in [-0.25, -0.2) is 0 Å². The molecule has 0 aromatic rings. The second-order valence-corrected chi connectivity index (χ2v) is 6.04. The van der Waals surface area contributed by atoms with Crippen molar-refractivity contribution in [3.63, 3.8) is 0 Å². The predicted molar refractivity (Wildman–Crippen MR) is 74.3 cm³/mol. The third-order valence-corrected chi connectivity index (χ3v) is 4.74. The molecule has 0 spiro atoms. The first kappa shape index (κ1) is 13.4. The van der Waals surface area contributed by atoms with E-state index in [2.05, 4.69) is 24.1 Å². The van der Waals surface area contributed by atoms with E-state index in [4.69, 9.17) is 0 Å². The highest BCUT2D eigenvalue weighted by atomic mass is 15.2. The van der Waals surface area contributed by atoms with Gasteiger partial charge in [0.15, 0.2) is 0 Å². The van der Waals surface area contributed by atoms with E-state index >= 15 is 0 Å². The number of hydrogen-bond donors (Lipinski definition) is 1. The molecular weight excluding hydrogens is 208 g/mol. The minimum atomic E-state index is 0.698. The molecule has 2 rings (SSSR count). The summed E-state index contributed by atoms with van der Waals surface area (Å²) in [7, 11) is 0. The first-order valence-electron chi connectivity index (χ1n) is 7.78. The average Bonchev–Trinajstić information content (AvgIpc) is 2.78. The molecular formula is C15H30N2. The number of nitrogens with zero attached hydrogens (tertiary/aromatic N) is 1. The summed E-state index contributed by atoms with van der Waals surface area (Å²) in [5, 5.41) is 3.51. The Hall–Kier alpha value is -0.0800. The molecule has 0 radical (unpaired) electrons. The molecule has 1 aliphatic carbocycles. The normalized spacial score (nSPS) is 31.4. The van der Waals surface area contributed by atoms with Crippen LogP contribution in [0.4, 0.5) is 0 Å². The van der Waals surface area contributed by atoms with Gasteiger partial charge in [0, 0.05) is 12.1 Å². The van der Waals surface area contributed by atoms with Crippen molar-refractivity contribution in [3.8, 4) is 0 Å². The zero-order valence-electron chi connectivity index (χ0n) is 11.8. The van der Waals surface area contributed by atoms with Gasteiger partial charge in [0.2, 0.25) is 0 Å². The van der Waals surface area contributed by atoms with Gasteiger partial charge in [0.1, 0.15) is 0 Å². The third kappa shape index (κ3) is 3.69. The molecule has 2 aliphatic rings. The molecule has 2 nitrogen and oxygen atoms in total. The van der Waals surface area contributed by atoms with Gasteiger partial charge in [-0.15, -0.1) is 0 Å². The summed E-state index contributed by atoms with van der Waals surface area (Å²) < 4.78 is 0. The molecule has 3 unspecified atom stereocenters. The minimum absolute atomic E-state index is 0.698. The van der Waals surface area contributed by atoms with Crippen molar-refractivity contribution in [1.29, 1.82) is 0 Å². The zero-order valence-corrected chi connectivity index (χ0v) is 11.8. The van der Waals surface area contributed by atoms with E-state index < -0.39 is 0 Å². The Morgan fingerprint density at radius 3 is 2.88 bits per heavy atom. The average molecular weight is 238 g/mol. The van der Waals surface area contributed by atoms with Gasteiger partial charge in [-0.2, -0.15) is 0 Å². The standard InChI is InChI=1S/C15H30N2/c1-3-16-13(2)7-5-11-17-12-6-9-14-8-4-10-15(14)17/h13-16H,3-12H2,1-2H3. The van der Waals surface area contributed by atoms with Crippen LogP contribution in [0.15, 0.2) is 0 Å². The lowest BCUT2D eigenvalue weighted by Gasteiger charge is -2.38. The van der Waals surface area contributed by atoms with E-state index in [9.17, 15) is 0 Å². The van der Waals surface area contributed by atoms with Crippen molar-refractivity contribution >= 4 is 0 Å². The van der Waals surface area contributed by atoms with E-state index in [-0.39, 0.29) is 0 Å². The molecule has 1 saturated heterocycles. The number of piperidine rings is 1. The van der Waals surface area contributed by atoms with E-state index in [0.717, 1.165) is 18.5 Å². The predicted octanol–water partition coefficient (Wildman–Crippen LogP) is 3.03. The van der Waals surface area contributed by atoms with E-state index in [1.54, 1.807) is 0 Å². The van der Waals surface area contributed by atoms with Crippen LogP contribution in [-0.4, -0.2) is 36.6 Å². The quantitative estimate of drug-likeness (QED) is 0.765. The first-order valence-corrected chi connectivity index (χ1v) is 7.78. The van der Waals surface area contributed by atoms with Crippen molar-refractivity contribution in [2.75, 3.05) is 19.6 Å². The number of nitrogens with one attached hydrogen (secondary N) is 1. The number of likely N-dealkylation sites (tertiary alicyclic amines) is 1. The second-order valence-electron chi connectivity index (χ2n) is 6.04. The van der Waals surface area contributed by atoms with Crippen LogP contribution in [-0.2, 0) is 0 Å². The Morgan fingerprint density at radius 2 is 2.06 bits per heavy atom. The van der Waals surface area contributed by atoms with Gasteiger partial charge in [-0.05, 0) is 71.0 Å². The van der Waals surface area contributed by atoms with E-state index in [1.165, 1.54) is 58.0 Å². The summed E-state index contributed by atoms with van der Waals surface area (Å²) >= 11 is 0. The molecule has 3 atom stereocenters. The summed E-state index contributed by atoms with van der Waals surface area (Å²) in [4.78, 5) is 2.81. The van der Waals surface area contributed by atoms with Crippen LogP contribution >= 0.6 is 0 Å². The van der Waals surface area contributed by atoms with Crippen LogP contribution in [0.1, 0.15) is 58.8 Å². The smallest absolute Gasteiger partial charge is 0.0123 e. The van der Waals surface area contributed by atoms with Crippen molar-refractivity contribution in [3.05, 3.63) is 0 Å². The second kappa shape index (κ2) is 6.75. The maximum absolute atomic E-state index is 3.51. The maximum atomic E-state index is 3.51. The van der Waals surface area contributed by atoms with Gasteiger partial charge in [-0.3, -0.25) is 0 Å². The molecule has 0 aromatic carbocycles. The molecule has 0 aromatic heterocycles. The Labute approximate surface area is 107 Å². The molecule has 1 heterocycles. The lowest BCUT2D eigenvalue weighted by molar-refractivity contribution is 0.110. The number of fused-ring (bicyclic) bond motifs is 1. The zero-order chi connectivity index (χ0) is 12.1. The highest BCUT2D eigenvalue weighted by molar-refractivity contribution is 4.89. The molecule has 0 amide bonds. The Morgan fingerprint density at radius 1 is 1.24 bits per heavy atom. The molecule has 1 aliphatic heterocycles. The van der Waals surface area contributed by atoms with Gasteiger partial charge < -0.3 is 10.2 Å². The minimum Gasteiger partial charge on any atom is -0.315 e. The SMILES string of the molecule is CCNC(C)CCCN1CCCC2CCCC21. The van der Waals surface area contributed by atoms with Crippen LogP contribution in [0.2, 0.25) is 0 Å². The largest absolute Gasteiger partial charge is 0.315 e. The maximum Gasteiger partial charge on any atom is 0.0123 e. The summed E-state index contributed by atoms with van der Waals surface area (Å²) in [5.41, 5.74) is 0. The monoisotopic (exact) mass is 238 g/mol. The van der Waals surface area contributed by atoms with Crippen molar-refractivity contribution < 1.29 is 0 Å². The molecule has 1 N–H and O–H groups in total. The van der Waals surface area contributed by atoms with Gasteiger partial charge in [0.05, 0.1) is 0 Å². The van der Waals surface area contributed by atoms with E-state index in [1.807, 2.05) is 0 Å². The highest BCUT2D eigenvalue weighted by Gasteiger charge is 2.34. The Kier molecular flexibility index (Phi) is 5.30. The van der Waals surface area contributed by atoms with Gasteiger partial charge in [0.25, 0.3) is 0 Å². The fourth-order valence-electron chi connectivity index (χ4n) is 3.89. The molecule has 100 valence electrons. The molecule has 2 fully saturated rings. The lowest BCUT2D eigenvalue weighted by atomic mass is 9.92. The molecule has 1 saturated carbocycles. The van der Waals surface area contributed by atoms with Gasteiger partial charge >= 0.3 is 0 Å². The van der Waals surface area contributed by atoms with Crippen LogP contribution < -0.4 is 5.32 Å². The lowest BCUT2D eigenvalue weighted by Crippen LogP contribution is -2.43. The van der Waals surface area contributed by atoms with Gasteiger partial charge in [-0.1, -0.05) is 13.3 Å². The Bertz CT molecular complexity index is 217. The summed E-state index contributed by atoms with van der Waals surface area (Å²) in [6.45, 7) is 8.34. The summed E-state index contributed by atoms with van der Waals surface area (Å²) in [6, 6.07) is 1.65. The fraction of sp³-hybridized carbons (Fsp3) is 1.00. The van der Waals surface area contributed by atoms with Crippen LogP contribution in [0.5, 0.6) is 0 Å². The highest BCUT2D eigenvalue weighted by Crippen LogP contribution is 2.36. The third-order valence-electron chi connectivity index (χ3n) is 4.74. The number of hydrogen-bond acceptors (Lipinski definition) is 2. The van der Waals surface area contributed by atoms with Crippen LogP contribution in [0, 0.1) is 5.92 Å². The topological polar surface area (TPSA) is 15.3 Å². The molecule has 0 bridgehead atoms. The number of rotatable bonds is 6. The fourth-order valence-corrected chi connectivity index (χ4v) is 3.89. The Balaban J connectivity index is 1.67. The van der Waals surface area contributed by atoms with E-state index in [0.29, 0.717) is 6.04 Å². The summed E-state index contributed by atoms with van der Waals surface area (Å²) in [6.07, 6.45) is 10.1. The summed E-state index contributed by atoms with van der Waals surface area (Å²) in [5.74, 6) is 1.05. The first-order chi connectivity index (χ1) is 8.31. The molecule has 2 heteroatoms. The van der Waals surface area contributed by atoms with Crippen molar-refractivity contribution in [2.24, 2.45) is 5.92 Å². The van der Waals surface area contributed by atoms with Crippen molar-refractivity contribution in [1.82, 2.24) is 10.2 Å². The van der Waals surface area contributed by atoms with Crippen LogP contribution in [0.3, 0.4) is 0 Å². The van der Waals surface area contributed by atoms with Crippen LogP contribution in [0.25, 0.3) is 0 Å². The van der Waals surface area contributed by atoms with Crippen molar-refractivity contribution in [2.45, 2.75) is 70.9 Å².